The number of nitrogens with one attached hydrogen (secondary N) is 1. The first-order valence-electron chi connectivity index (χ1n) is 6.24. The number of rotatable bonds is 5. The van der Waals surface area contributed by atoms with E-state index >= 15 is 0 Å². The average Bonchev–Trinajstić information content (AvgIpc) is 3.06. The van der Waals surface area contributed by atoms with Gasteiger partial charge in [0.25, 0.3) is 0 Å². The lowest BCUT2D eigenvalue weighted by atomic mass is 10.1. The molecule has 100 valence electrons. The topological polar surface area (TPSA) is 56.3 Å². The molecule has 1 aliphatic rings. The minimum Gasteiger partial charge on any atom is -0.454 e. The predicted molar refractivity (Wildman–Crippen MR) is 73.9 cm³/mol. The monoisotopic (exact) mass is 277 g/mol. The Morgan fingerprint density at radius 2 is 2.26 bits per heavy atom. The minimum atomic E-state index is 0.328. The van der Waals surface area contributed by atoms with Crippen LogP contribution in [-0.2, 0) is 6.42 Å². The molecule has 5 nitrogen and oxygen atoms in total. The first-order chi connectivity index (χ1) is 9.31. The van der Waals surface area contributed by atoms with Gasteiger partial charge >= 0.3 is 0 Å². The Hall–Kier alpha value is -1.82. The van der Waals surface area contributed by atoms with Crippen molar-refractivity contribution in [1.82, 2.24) is 9.59 Å². The Kier molecular flexibility index (Phi) is 3.50. The molecule has 1 atom stereocenters. The molecule has 0 bridgehead atoms. The minimum absolute atomic E-state index is 0.328. The number of hydrogen-bond donors (Lipinski definition) is 1. The second-order valence-corrected chi connectivity index (χ2v) is 5.34. The van der Waals surface area contributed by atoms with Gasteiger partial charge in [0, 0.05) is 17.6 Å². The Morgan fingerprint density at radius 1 is 1.37 bits per heavy atom. The van der Waals surface area contributed by atoms with Crippen LogP contribution in [0.15, 0.2) is 24.4 Å². The molecule has 0 fully saturated rings. The number of fused-ring (bicyclic) bond motifs is 1. The Bertz CT molecular complexity index is 545. The molecule has 1 aromatic heterocycles. The molecule has 0 saturated heterocycles. The zero-order chi connectivity index (χ0) is 13.1. The van der Waals surface area contributed by atoms with Gasteiger partial charge in [0.15, 0.2) is 11.5 Å². The van der Waals surface area contributed by atoms with Crippen molar-refractivity contribution in [3.63, 3.8) is 0 Å². The van der Waals surface area contributed by atoms with E-state index in [2.05, 4.69) is 34.0 Å². The molecule has 1 unspecified atom stereocenters. The van der Waals surface area contributed by atoms with E-state index in [1.54, 1.807) is 6.20 Å². The molecule has 19 heavy (non-hydrogen) atoms. The third kappa shape index (κ3) is 2.96. The van der Waals surface area contributed by atoms with Gasteiger partial charge in [0.1, 0.15) is 5.00 Å². The van der Waals surface area contributed by atoms with Crippen molar-refractivity contribution in [2.45, 2.75) is 25.8 Å². The van der Waals surface area contributed by atoms with Crippen LogP contribution < -0.4 is 14.8 Å². The van der Waals surface area contributed by atoms with Crippen molar-refractivity contribution in [3.8, 4) is 11.5 Å². The van der Waals surface area contributed by atoms with E-state index in [9.17, 15) is 0 Å². The second kappa shape index (κ2) is 5.44. The highest BCUT2D eigenvalue weighted by molar-refractivity contribution is 7.09. The fourth-order valence-corrected chi connectivity index (χ4v) is 2.56. The molecule has 0 amide bonds. The van der Waals surface area contributed by atoms with Gasteiger partial charge in [-0.3, -0.25) is 0 Å². The molecule has 0 spiro atoms. The Morgan fingerprint density at radius 3 is 3.11 bits per heavy atom. The van der Waals surface area contributed by atoms with Crippen LogP contribution in [-0.4, -0.2) is 22.4 Å². The van der Waals surface area contributed by atoms with Crippen LogP contribution in [0.5, 0.6) is 11.5 Å². The van der Waals surface area contributed by atoms with Crippen LogP contribution in [0.25, 0.3) is 0 Å². The Balaban J connectivity index is 1.54. The molecule has 2 aromatic rings. The smallest absolute Gasteiger partial charge is 0.231 e. The standard InChI is InChI=1S/C13H15N3O2S/c1-9(15-13-7-14-16-19-13)2-3-10-4-5-11-12(6-10)18-8-17-11/h4-7,9,15H,2-3,8H2,1H3. The lowest BCUT2D eigenvalue weighted by Gasteiger charge is -2.12. The Labute approximate surface area is 115 Å². The quantitative estimate of drug-likeness (QED) is 0.910. The van der Waals surface area contributed by atoms with E-state index in [1.807, 2.05) is 6.07 Å². The van der Waals surface area contributed by atoms with E-state index < -0.39 is 0 Å². The van der Waals surface area contributed by atoms with Crippen molar-refractivity contribution >= 4 is 16.5 Å². The summed E-state index contributed by atoms with van der Waals surface area (Å²) in [6.45, 7) is 2.49. The maximum Gasteiger partial charge on any atom is 0.231 e. The summed E-state index contributed by atoms with van der Waals surface area (Å²) in [6.07, 6.45) is 3.79. The molecular weight excluding hydrogens is 262 g/mol. The lowest BCUT2D eigenvalue weighted by Crippen LogP contribution is -2.15. The normalized spacial score (nSPS) is 14.4. The van der Waals surface area contributed by atoms with Crippen molar-refractivity contribution in [1.29, 1.82) is 0 Å². The molecule has 0 radical (unpaired) electrons. The van der Waals surface area contributed by atoms with Gasteiger partial charge in [-0.15, -0.1) is 5.10 Å². The SMILES string of the molecule is CC(CCc1ccc2c(c1)OCO2)Nc1cnns1. The molecule has 0 saturated carbocycles. The molecule has 1 aliphatic heterocycles. The van der Waals surface area contributed by atoms with E-state index in [1.165, 1.54) is 17.1 Å². The number of ether oxygens (including phenoxy) is 2. The van der Waals surface area contributed by atoms with E-state index in [0.29, 0.717) is 12.8 Å². The fraction of sp³-hybridized carbons (Fsp3) is 0.385. The third-order valence-corrected chi connectivity index (χ3v) is 3.65. The van der Waals surface area contributed by atoms with Crippen LogP contribution in [0.3, 0.4) is 0 Å². The second-order valence-electron chi connectivity index (χ2n) is 4.55. The third-order valence-electron chi connectivity index (χ3n) is 3.05. The van der Waals surface area contributed by atoms with Crippen LogP contribution in [0.1, 0.15) is 18.9 Å². The van der Waals surface area contributed by atoms with Crippen LogP contribution in [0, 0.1) is 0 Å². The summed E-state index contributed by atoms with van der Waals surface area (Å²) in [5.74, 6) is 1.69. The summed E-state index contributed by atoms with van der Waals surface area (Å²) < 4.78 is 14.5. The molecule has 3 rings (SSSR count). The highest BCUT2D eigenvalue weighted by Gasteiger charge is 2.13. The highest BCUT2D eigenvalue weighted by Crippen LogP contribution is 2.32. The van der Waals surface area contributed by atoms with Gasteiger partial charge in [-0.05, 0) is 37.5 Å². The lowest BCUT2D eigenvalue weighted by molar-refractivity contribution is 0.174. The summed E-state index contributed by atoms with van der Waals surface area (Å²) in [7, 11) is 0. The van der Waals surface area contributed by atoms with Crippen molar-refractivity contribution in [2.24, 2.45) is 0 Å². The van der Waals surface area contributed by atoms with Crippen molar-refractivity contribution in [3.05, 3.63) is 30.0 Å². The number of hydrogen-bond acceptors (Lipinski definition) is 6. The highest BCUT2D eigenvalue weighted by atomic mass is 32.1. The zero-order valence-electron chi connectivity index (χ0n) is 10.6. The molecule has 1 N–H and O–H groups in total. The largest absolute Gasteiger partial charge is 0.454 e. The van der Waals surface area contributed by atoms with E-state index in [0.717, 1.165) is 29.3 Å². The summed E-state index contributed by atoms with van der Waals surface area (Å²) >= 11 is 1.38. The summed E-state index contributed by atoms with van der Waals surface area (Å²) in [6, 6.07) is 6.51. The summed E-state index contributed by atoms with van der Waals surface area (Å²) in [4.78, 5) is 0. The first-order valence-corrected chi connectivity index (χ1v) is 7.01. The maximum absolute atomic E-state index is 5.38. The average molecular weight is 277 g/mol. The zero-order valence-corrected chi connectivity index (χ0v) is 11.4. The van der Waals surface area contributed by atoms with Crippen molar-refractivity contribution in [2.75, 3.05) is 12.1 Å². The fourth-order valence-electron chi connectivity index (χ4n) is 2.03. The first kappa shape index (κ1) is 12.2. The van der Waals surface area contributed by atoms with Gasteiger partial charge in [-0.2, -0.15) is 0 Å². The summed E-state index contributed by atoms with van der Waals surface area (Å²) in [5, 5.41) is 8.20. The van der Waals surface area contributed by atoms with Crippen molar-refractivity contribution < 1.29 is 9.47 Å². The number of anilines is 1. The molecule has 0 aliphatic carbocycles. The van der Waals surface area contributed by atoms with E-state index in [4.69, 9.17) is 9.47 Å². The molecule has 6 heteroatoms. The van der Waals surface area contributed by atoms with Crippen LogP contribution >= 0.6 is 11.5 Å². The number of benzene rings is 1. The molecular formula is C13H15N3O2S. The number of aryl methyl sites for hydroxylation is 1. The number of aromatic nitrogens is 2. The molecule has 1 aromatic carbocycles. The van der Waals surface area contributed by atoms with Gasteiger partial charge in [0.05, 0.1) is 6.20 Å². The van der Waals surface area contributed by atoms with Crippen LogP contribution in [0.4, 0.5) is 5.00 Å². The van der Waals surface area contributed by atoms with Crippen LogP contribution in [0.2, 0.25) is 0 Å². The van der Waals surface area contributed by atoms with Gasteiger partial charge in [-0.25, -0.2) is 0 Å². The van der Waals surface area contributed by atoms with Gasteiger partial charge < -0.3 is 14.8 Å². The van der Waals surface area contributed by atoms with Gasteiger partial charge in [-0.1, -0.05) is 10.6 Å². The van der Waals surface area contributed by atoms with Gasteiger partial charge in [0.2, 0.25) is 6.79 Å². The van der Waals surface area contributed by atoms with E-state index in [-0.39, 0.29) is 0 Å². The number of nitrogens with zero attached hydrogens (tertiary/aromatic N) is 2. The maximum atomic E-state index is 5.38. The molecule has 2 heterocycles. The predicted octanol–water partition coefficient (Wildman–Crippen LogP) is 2.70. The summed E-state index contributed by atoms with van der Waals surface area (Å²) in [5.41, 5.74) is 1.26.